The molecule has 186 valence electrons. The molecule has 3 heterocycles. The maximum atomic E-state index is 13.7. The minimum absolute atomic E-state index is 0.217. The molecule has 0 spiro atoms. The molecule has 0 bridgehead atoms. The number of carbonyl (C=O) groups is 2. The van der Waals surface area contributed by atoms with Gasteiger partial charge in [-0.25, -0.2) is 4.98 Å². The lowest BCUT2D eigenvalue weighted by Gasteiger charge is -2.36. The summed E-state index contributed by atoms with van der Waals surface area (Å²) in [5.74, 6) is -0.254. The van der Waals surface area contributed by atoms with Gasteiger partial charge in [-0.3, -0.25) is 9.59 Å². The highest BCUT2D eigenvalue weighted by molar-refractivity contribution is 7.19. The third kappa shape index (κ3) is 4.56. The fourth-order valence-corrected chi connectivity index (χ4v) is 7.33. The van der Waals surface area contributed by atoms with Gasteiger partial charge in [-0.05, 0) is 60.4 Å². The van der Waals surface area contributed by atoms with Crippen LogP contribution in [0.2, 0.25) is 4.34 Å². The number of nitrogens with two attached hydrogens (primary N) is 1. The summed E-state index contributed by atoms with van der Waals surface area (Å²) in [4.78, 5) is 33.0. The van der Waals surface area contributed by atoms with Crippen molar-refractivity contribution in [3.05, 3.63) is 68.4 Å². The van der Waals surface area contributed by atoms with Crippen LogP contribution >= 0.6 is 34.3 Å². The summed E-state index contributed by atoms with van der Waals surface area (Å²) in [6, 6.07) is 13.1. The number of fused-ring (bicyclic) bond motifs is 2. The van der Waals surface area contributed by atoms with Crippen molar-refractivity contribution >= 4 is 62.0 Å². The predicted molar refractivity (Wildman–Crippen MR) is 150 cm³/mol. The Morgan fingerprint density at radius 2 is 1.97 bits per heavy atom. The molecule has 8 heteroatoms. The fraction of sp³-hybridized carbons (Fsp3) is 0.321. The van der Waals surface area contributed by atoms with Crippen molar-refractivity contribution in [2.24, 2.45) is 17.1 Å². The van der Waals surface area contributed by atoms with Crippen LogP contribution in [0.5, 0.6) is 0 Å². The van der Waals surface area contributed by atoms with E-state index in [1.807, 2.05) is 36.4 Å². The van der Waals surface area contributed by atoms with Gasteiger partial charge >= 0.3 is 0 Å². The molecule has 0 saturated heterocycles. The lowest BCUT2D eigenvalue weighted by atomic mass is 9.69. The van der Waals surface area contributed by atoms with Crippen LogP contribution in [-0.2, 0) is 12.8 Å². The second-order valence-corrected chi connectivity index (χ2v) is 12.8. The van der Waals surface area contributed by atoms with Crippen LogP contribution in [-0.4, -0.2) is 16.8 Å². The molecule has 4 aromatic rings. The first kappa shape index (κ1) is 24.9. The van der Waals surface area contributed by atoms with Crippen LogP contribution < -0.4 is 11.1 Å². The number of anilines is 1. The van der Waals surface area contributed by atoms with E-state index < -0.39 is 5.91 Å². The molecule has 0 fully saturated rings. The largest absolute Gasteiger partial charge is 0.365 e. The highest BCUT2D eigenvalue weighted by Gasteiger charge is 2.35. The number of para-hydroxylation sites is 1. The van der Waals surface area contributed by atoms with E-state index >= 15 is 0 Å². The second-order valence-electron chi connectivity index (χ2n) is 9.98. The number of aromatic nitrogens is 1. The normalized spacial score (nSPS) is 15.6. The Hall–Kier alpha value is -2.74. The van der Waals surface area contributed by atoms with E-state index in [9.17, 15) is 9.59 Å². The van der Waals surface area contributed by atoms with Crippen LogP contribution in [0.3, 0.4) is 0 Å². The molecular formula is C28H28ClN3O2S2. The van der Waals surface area contributed by atoms with Crippen molar-refractivity contribution in [1.29, 1.82) is 0 Å². The van der Waals surface area contributed by atoms with Gasteiger partial charge in [0.1, 0.15) is 5.00 Å². The van der Waals surface area contributed by atoms with Gasteiger partial charge in [-0.1, -0.05) is 57.0 Å². The number of benzene rings is 1. The number of carbonyl (C=O) groups excluding carboxylic acids is 2. The highest BCUT2D eigenvalue weighted by atomic mass is 35.5. The van der Waals surface area contributed by atoms with Gasteiger partial charge in [0.05, 0.1) is 31.6 Å². The molecular weight excluding hydrogens is 510 g/mol. The zero-order valence-electron chi connectivity index (χ0n) is 20.5. The number of rotatable bonds is 6. The molecule has 1 unspecified atom stereocenters. The van der Waals surface area contributed by atoms with Crippen molar-refractivity contribution in [1.82, 2.24) is 4.98 Å². The first-order valence-corrected chi connectivity index (χ1v) is 14.1. The van der Waals surface area contributed by atoms with Gasteiger partial charge in [0, 0.05) is 10.3 Å². The summed E-state index contributed by atoms with van der Waals surface area (Å²) in [6.45, 7) is 6.84. The number of hydrogen-bond donors (Lipinski definition) is 2. The lowest BCUT2D eigenvalue weighted by molar-refractivity contribution is 0.0999. The topological polar surface area (TPSA) is 85.1 Å². The molecule has 0 radical (unpaired) electrons. The number of nitrogens with zero attached hydrogens (tertiary/aromatic N) is 1. The van der Waals surface area contributed by atoms with Crippen LogP contribution in [0.4, 0.5) is 5.00 Å². The minimum atomic E-state index is -0.496. The number of pyridine rings is 1. The molecule has 5 rings (SSSR count). The molecule has 1 aromatic carbocycles. The summed E-state index contributed by atoms with van der Waals surface area (Å²) in [5.41, 5.74) is 9.40. The average molecular weight is 538 g/mol. The smallest absolute Gasteiger partial charge is 0.257 e. The quantitative estimate of drug-likeness (QED) is 0.266. The molecule has 5 nitrogen and oxygen atoms in total. The summed E-state index contributed by atoms with van der Waals surface area (Å²) >= 11 is 9.06. The zero-order chi connectivity index (χ0) is 25.6. The summed E-state index contributed by atoms with van der Waals surface area (Å²) in [6.07, 6.45) is 3.81. The van der Waals surface area contributed by atoms with E-state index in [0.717, 1.165) is 51.9 Å². The highest BCUT2D eigenvalue weighted by Crippen LogP contribution is 2.45. The zero-order valence-corrected chi connectivity index (χ0v) is 22.9. The van der Waals surface area contributed by atoms with Gasteiger partial charge in [0.15, 0.2) is 0 Å². The third-order valence-corrected chi connectivity index (χ3v) is 9.97. The number of thiophene rings is 2. The molecule has 0 saturated carbocycles. The van der Waals surface area contributed by atoms with E-state index in [1.54, 1.807) is 6.07 Å². The van der Waals surface area contributed by atoms with E-state index in [1.165, 1.54) is 22.7 Å². The summed E-state index contributed by atoms with van der Waals surface area (Å²) in [5, 5.41) is 4.32. The van der Waals surface area contributed by atoms with Crippen molar-refractivity contribution < 1.29 is 9.59 Å². The molecule has 3 aromatic heterocycles. The molecule has 1 atom stereocenters. The van der Waals surface area contributed by atoms with Gasteiger partial charge in [-0.15, -0.1) is 22.7 Å². The molecule has 0 aliphatic heterocycles. The van der Waals surface area contributed by atoms with Crippen LogP contribution in [0, 0.1) is 11.3 Å². The Morgan fingerprint density at radius 1 is 1.19 bits per heavy atom. The maximum Gasteiger partial charge on any atom is 0.257 e. The number of primary amides is 1. The van der Waals surface area contributed by atoms with Crippen LogP contribution in [0.15, 0.2) is 42.5 Å². The van der Waals surface area contributed by atoms with Crippen LogP contribution in [0.25, 0.3) is 21.5 Å². The van der Waals surface area contributed by atoms with Crippen molar-refractivity contribution in [3.8, 4) is 10.6 Å². The van der Waals surface area contributed by atoms with E-state index in [2.05, 4.69) is 26.1 Å². The van der Waals surface area contributed by atoms with Crippen molar-refractivity contribution in [3.63, 3.8) is 0 Å². The average Bonchev–Trinajstić information content (AvgIpc) is 3.45. The Bertz CT molecular complexity index is 1490. The molecule has 1 aliphatic rings. The summed E-state index contributed by atoms with van der Waals surface area (Å²) in [7, 11) is 0. The number of halogens is 1. The Balaban J connectivity index is 1.53. The minimum Gasteiger partial charge on any atom is -0.365 e. The Kier molecular flexibility index (Phi) is 6.66. The molecule has 3 N–H and O–H groups in total. The fourth-order valence-electron chi connectivity index (χ4n) is 5.00. The SMILES string of the molecule is CCC(C)(C)C1CCc2c(sc(NC(=O)c3cc(-c4ccc(Cl)s4)nc4ccccc34)c2C(N)=O)C1. The van der Waals surface area contributed by atoms with Gasteiger partial charge in [-0.2, -0.15) is 0 Å². The van der Waals surface area contributed by atoms with E-state index in [-0.39, 0.29) is 11.3 Å². The Morgan fingerprint density at radius 3 is 2.67 bits per heavy atom. The number of amides is 2. The number of hydrogen-bond acceptors (Lipinski definition) is 5. The first-order valence-electron chi connectivity index (χ1n) is 12.1. The lowest BCUT2D eigenvalue weighted by Crippen LogP contribution is -2.29. The Labute approximate surface area is 223 Å². The standard InChI is InChI=1S/C28H28ClN3O2S2/c1-4-28(2,3)15-9-10-17-22(13-15)36-27(24(17)25(30)33)32-26(34)18-14-20(21-11-12-23(29)35-21)31-19-8-6-5-7-16(18)19/h5-8,11-12,14-15H,4,9-10,13H2,1-3H3,(H2,30,33)(H,32,34). The molecule has 1 aliphatic carbocycles. The van der Waals surface area contributed by atoms with Gasteiger partial charge in [0.2, 0.25) is 0 Å². The first-order chi connectivity index (χ1) is 17.2. The molecule has 2 amide bonds. The van der Waals surface area contributed by atoms with Gasteiger partial charge < -0.3 is 11.1 Å². The predicted octanol–water partition coefficient (Wildman–Crippen LogP) is 7.57. The molecule has 36 heavy (non-hydrogen) atoms. The van der Waals surface area contributed by atoms with E-state index in [0.29, 0.717) is 32.1 Å². The van der Waals surface area contributed by atoms with Crippen LogP contribution in [0.1, 0.15) is 64.8 Å². The second kappa shape index (κ2) is 9.61. The third-order valence-electron chi connectivity index (χ3n) is 7.54. The summed E-state index contributed by atoms with van der Waals surface area (Å²) < 4.78 is 0.658. The van der Waals surface area contributed by atoms with E-state index in [4.69, 9.17) is 22.3 Å². The van der Waals surface area contributed by atoms with Crippen molar-refractivity contribution in [2.75, 3.05) is 5.32 Å². The van der Waals surface area contributed by atoms with Gasteiger partial charge in [0.25, 0.3) is 11.8 Å². The number of nitrogens with one attached hydrogen (secondary N) is 1. The maximum absolute atomic E-state index is 13.7. The van der Waals surface area contributed by atoms with Crippen molar-refractivity contribution in [2.45, 2.75) is 46.5 Å². The monoisotopic (exact) mass is 537 g/mol.